The lowest BCUT2D eigenvalue weighted by atomic mass is 9.89. The van der Waals surface area contributed by atoms with E-state index in [-0.39, 0.29) is 12.5 Å². The number of aliphatic hydroxyl groups excluding tert-OH is 3. The molecule has 1 fully saturated rings. The molecule has 92 valence electrons. The lowest BCUT2D eigenvalue weighted by molar-refractivity contribution is -0.228. The van der Waals surface area contributed by atoms with Crippen molar-refractivity contribution in [2.45, 2.75) is 44.4 Å². The highest BCUT2D eigenvalue weighted by Crippen LogP contribution is 2.25. The first-order valence-corrected chi connectivity index (χ1v) is 5.19. The lowest BCUT2D eigenvalue weighted by Gasteiger charge is -2.42. The Kier molecular flexibility index (Phi) is 4.52. The highest BCUT2D eigenvalue weighted by molar-refractivity contribution is 4.93. The minimum atomic E-state index is -1.28. The second kappa shape index (κ2) is 5.47. The molecular weight excluding hydrogens is 214 g/mol. The van der Waals surface area contributed by atoms with Crippen LogP contribution in [0, 0.1) is 5.92 Å². The number of aliphatic hydroxyl groups is 3. The quantitative estimate of drug-likeness (QED) is 0.354. The van der Waals surface area contributed by atoms with Crippen LogP contribution >= 0.6 is 0 Å². The fraction of sp³-hybridized carbons (Fsp3) is 1.00. The van der Waals surface area contributed by atoms with E-state index in [9.17, 15) is 15.3 Å². The molecule has 1 aliphatic rings. The molecular formula is C9H17N3O4. The normalized spacial score (nSPS) is 39.5. The summed E-state index contributed by atoms with van der Waals surface area (Å²) in [6.45, 7) is 3.61. The number of hydrogen-bond donors (Lipinski definition) is 3. The zero-order valence-corrected chi connectivity index (χ0v) is 9.26. The van der Waals surface area contributed by atoms with E-state index in [1.54, 1.807) is 0 Å². The number of rotatable bonds is 3. The van der Waals surface area contributed by atoms with Gasteiger partial charge in [-0.2, -0.15) is 0 Å². The van der Waals surface area contributed by atoms with Gasteiger partial charge in [0.25, 0.3) is 0 Å². The summed E-state index contributed by atoms with van der Waals surface area (Å²) >= 11 is 0. The average Bonchev–Trinajstić information content (AvgIpc) is 2.24. The van der Waals surface area contributed by atoms with Crippen molar-refractivity contribution in [3.8, 4) is 0 Å². The van der Waals surface area contributed by atoms with Gasteiger partial charge in [-0.15, -0.1) is 0 Å². The van der Waals surface area contributed by atoms with Crippen LogP contribution in [0.1, 0.15) is 13.8 Å². The average molecular weight is 231 g/mol. The van der Waals surface area contributed by atoms with Gasteiger partial charge in [0.1, 0.15) is 18.3 Å². The van der Waals surface area contributed by atoms with Crippen molar-refractivity contribution in [2.75, 3.05) is 6.54 Å². The number of nitrogens with zero attached hydrogens (tertiary/aromatic N) is 3. The van der Waals surface area contributed by atoms with Gasteiger partial charge in [-0.1, -0.05) is 19.0 Å². The molecule has 5 atom stereocenters. The topological polar surface area (TPSA) is 119 Å². The van der Waals surface area contributed by atoms with Crippen LogP contribution in [0.4, 0.5) is 0 Å². The van der Waals surface area contributed by atoms with E-state index in [2.05, 4.69) is 10.0 Å². The van der Waals surface area contributed by atoms with Gasteiger partial charge < -0.3 is 20.1 Å². The maximum Gasteiger partial charge on any atom is 0.111 e. The fourth-order valence-electron chi connectivity index (χ4n) is 1.80. The molecule has 3 N–H and O–H groups in total. The molecule has 0 aromatic rings. The highest BCUT2D eigenvalue weighted by atomic mass is 16.5. The predicted octanol–water partition coefficient (Wildman–Crippen LogP) is -0.197. The standard InChI is InChI=1S/C9H17N3O4/c1-4(2)9-8(15)7(14)6(13)5(16-9)3-11-12-10/h4-9,13-15H,3H2,1-2H3/t5?,6-,7?,8+,9+/m1/s1. The van der Waals surface area contributed by atoms with Gasteiger partial charge >= 0.3 is 0 Å². The fourth-order valence-corrected chi connectivity index (χ4v) is 1.80. The molecule has 0 bridgehead atoms. The highest BCUT2D eigenvalue weighted by Gasteiger charge is 2.44. The Morgan fingerprint density at radius 1 is 1.25 bits per heavy atom. The van der Waals surface area contributed by atoms with Gasteiger partial charge in [0, 0.05) is 4.91 Å². The van der Waals surface area contributed by atoms with Crippen LogP contribution in [0.2, 0.25) is 0 Å². The van der Waals surface area contributed by atoms with Crippen LogP contribution in [-0.2, 0) is 4.74 Å². The van der Waals surface area contributed by atoms with Crippen LogP contribution in [0.5, 0.6) is 0 Å². The summed E-state index contributed by atoms with van der Waals surface area (Å²) < 4.78 is 5.42. The first kappa shape index (κ1) is 13.2. The van der Waals surface area contributed by atoms with Crippen molar-refractivity contribution in [2.24, 2.45) is 11.0 Å². The third-order valence-corrected chi connectivity index (χ3v) is 2.73. The van der Waals surface area contributed by atoms with Crippen molar-refractivity contribution < 1.29 is 20.1 Å². The lowest BCUT2D eigenvalue weighted by Crippen LogP contribution is -2.59. The minimum absolute atomic E-state index is 0.00860. The first-order valence-electron chi connectivity index (χ1n) is 5.19. The van der Waals surface area contributed by atoms with Crippen molar-refractivity contribution in [1.82, 2.24) is 0 Å². The summed E-state index contributed by atoms with van der Waals surface area (Å²) in [5.74, 6) is -0.00860. The van der Waals surface area contributed by atoms with Crippen LogP contribution < -0.4 is 0 Å². The minimum Gasteiger partial charge on any atom is -0.388 e. The summed E-state index contributed by atoms with van der Waals surface area (Å²) in [6.07, 6.45) is -4.99. The Labute approximate surface area is 93.3 Å². The molecule has 0 aromatic carbocycles. The van der Waals surface area contributed by atoms with Gasteiger partial charge in [0.05, 0.1) is 18.8 Å². The summed E-state index contributed by atoms with van der Waals surface area (Å²) in [5.41, 5.74) is 8.19. The molecule has 1 heterocycles. The van der Waals surface area contributed by atoms with Crippen molar-refractivity contribution in [3.05, 3.63) is 10.4 Å². The molecule has 7 heteroatoms. The van der Waals surface area contributed by atoms with E-state index in [4.69, 9.17) is 10.3 Å². The van der Waals surface area contributed by atoms with E-state index in [0.717, 1.165) is 0 Å². The molecule has 7 nitrogen and oxygen atoms in total. The predicted molar refractivity (Wildman–Crippen MR) is 55.5 cm³/mol. The molecule has 1 aliphatic heterocycles. The van der Waals surface area contributed by atoms with E-state index >= 15 is 0 Å². The van der Waals surface area contributed by atoms with Gasteiger partial charge in [-0.3, -0.25) is 0 Å². The van der Waals surface area contributed by atoms with Crippen LogP contribution in [0.15, 0.2) is 5.11 Å². The van der Waals surface area contributed by atoms with Crippen LogP contribution in [-0.4, -0.2) is 52.4 Å². The number of ether oxygens (including phenoxy) is 1. The SMILES string of the molecule is CC(C)[C@@H]1OC(CN=[N+]=[N-])[C@@H](O)C(O)[C@@H]1O. The Morgan fingerprint density at radius 3 is 2.38 bits per heavy atom. The molecule has 0 spiro atoms. The Balaban J connectivity index is 2.76. The summed E-state index contributed by atoms with van der Waals surface area (Å²) in [5, 5.41) is 32.2. The summed E-state index contributed by atoms with van der Waals surface area (Å²) in [4.78, 5) is 2.57. The second-order valence-electron chi connectivity index (χ2n) is 4.27. The van der Waals surface area contributed by atoms with Crippen LogP contribution in [0.25, 0.3) is 10.4 Å². The van der Waals surface area contributed by atoms with Crippen LogP contribution in [0.3, 0.4) is 0 Å². The summed E-state index contributed by atoms with van der Waals surface area (Å²) in [7, 11) is 0. The molecule has 0 aromatic heterocycles. The van der Waals surface area contributed by atoms with Gasteiger partial charge in [0.15, 0.2) is 0 Å². The largest absolute Gasteiger partial charge is 0.388 e. The molecule has 0 radical (unpaired) electrons. The first-order chi connectivity index (χ1) is 7.49. The van der Waals surface area contributed by atoms with E-state index in [0.29, 0.717) is 0 Å². The van der Waals surface area contributed by atoms with E-state index < -0.39 is 30.5 Å². The zero-order chi connectivity index (χ0) is 12.3. The molecule has 0 aliphatic carbocycles. The number of azide groups is 1. The molecule has 0 amide bonds. The Hall–Kier alpha value is -0.850. The second-order valence-corrected chi connectivity index (χ2v) is 4.27. The molecule has 1 saturated heterocycles. The Bertz CT molecular complexity index is 280. The third-order valence-electron chi connectivity index (χ3n) is 2.73. The van der Waals surface area contributed by atoms with Gasteiger partial charge in [-0.05, 0) is 11.4 Å². The van der Waals surface area contributed by atoms with Crippen molar-refractivity contribution in [1.29, 1.82) is 0 Å². The maximum atomic E-state index is 9.68. The van der Waals surface area contributed by atoms with Crippen molar-refractivity contribution in [3.63, 3.8) is 0 Å². The molecule has 16 heavy (non-hydrogen) atoms. The Morgan fingerprint density at radius 2 is 1.88 bits per heavy atom. The number of hydrogen-bond acceptors (Lipinski definition) is 5. The smallest absolute Gasteiger partial charge is 0.111 e. The molecule has 2 unspecified atom stereocenters. The maximum absolute atomic E-state index is 9.68. The summed E-state index contributed by atoms with van der Waals surface area (Å²) in [6, 6.07) is 0. The van der Waals surface area contributed by atoms with E-state index in [1.807, 2.05) is 13.8 Å². The van der Waals surface area contributed by atoms with Gasteiger partial charge in [0.2, 0.25) is 0 Å². The van der Waals surface area contributed by atoms with Crippen molar-refractivity contribution >= 4 is 0 Å². The van der Waals surface area contributed by atoms with Gasteiger partial charge in [-0.25, -0.2) is 0 Å². The van der Waals surface area contributed by atoms with E-state index in [1.165, 1.54) is 0 Å². The monoisotopic (exact) mass is 231 g/mol. The zero-order valence-electron chi connectivity index (χ0n) is 9.26. The molecule has 1 rings (SSSR count). The third kappa shape index (κ3) is 2.63. The molecule has 0 saturated carbocycles.